The van der Waals surface area contributed by atoms with Crippen LogP contribution in [0.15, 0.2) is 48.5 Å². The van der Waals surface area contributed by atoms with Crippen molar-refractivity contribution in [3.63, 3.8) is 0 Å². The number of imide groups is 1. The number of hydrogen-bond acceptors (Lipinski definition) is 5. The number of carbonyl (C=O) groups is 2. The number of carbonyl (C=O) groups excluding carboxylic acids is 2. The molecule has 2 aromatic rings. The van der Waals surface area contributed by atoms with E-state index in [1.807, 2.05) is 0 Å². The molecule has 0 spiro atoms. The van der Waals surface area contributed by atoms with Gasteiger partial charge in [0.05, 0.1) is 19.0 Å². The van der Waals surface area contributed by atoms with Crippen LogP contribution in [0.3, 0.4) is 0 Å². The second kappa shape index (κ2) is 8.52. The van der Waals surface area contributed by atoms with Gasteiger partial charge in [-0.2, -0.15) is 5.26 Å². The summed E-state index contributed by atoms with van der Waals surface area (Å²) >= 11 is 5.89. The Morgan fingerprint density at radius 3 is 2.48 bits per heavy atom. The lowest BCUT2D eigenvalue weighted by atomic mass is 9.92. The Kier molecular flexibility index (Phi) is 6.06. The van der Waals surface area contributed by atoms with E-state index in [4.69, 9.17) is 21.6 Å². The Bertz CT molecular complexity index is 940. The van der Waals surface area contributed by atoms with E-state index in [-0.39, 0.29) is 13.2 Å². The molecule has 8 heteroatoms. The standard InChI is InChI=1S/C21H20ClN3O4/c1-21(15-4-6-16(22)7-5-15)19(27)25(20(28)24-21)12-17(26)13-29-18-8-2-14(3-9-18)10-11-23/h2-9,17,26H,10,12-13H2,1H3,(H,24,28)/t17-,21-/m1/s1. The van der Waals surface area contributed by atoms with Gasteiger partial charge in [0.1, 0.15) is 24.0 Å². The van der Waals surface area contributed by atoms with Crippen LogP contribution >= 0.6 is 11.6 Å². The first-order valence-corrected chi connectivity index (χ1v) is 9.38. The van der Waals surface area contributed by atoms with Crippen molar-refractivity contribution in [2.24, 2.45) is 0 Å². The molecule has 2 aromatic carbocycles. The summed E-state index contributed by atoms with van der Waals surface area (Å²) in [4.78, 5) is 26.2. The number of β-amino-alcohol motifs (C(OH)–C–C–N with tert-alkyl or cyclic N) is 1. The highest BCUT2D eigenvalue weighted by Crippen LogP contribution is 2.29. The van der Waals surface area contributed by atoms with Crippen LogP contribution in [0.2, 0.25) is 5.02 Å². The summed E-state index contributed by atoms with van der Waals surface area (Å²) in [5, 5.41) is 22.1. The number of benzene rings is 2. The zero-order valence-corrected chi connectivity index (χ0v) is 16.5. The highest BCUT2D eigenvalue weighted by Gasteiger charge is 2.49. The largest absolute Gasteiger partial charge is 0.491 e. The fourth-order valence-electron chi connectivity index (χ4n) is 3.09. The van der Waals surface area contributed by atoms with Crippen molar-refractivity contribution in [3.8, 4) is 11.8 Å². The maximum Gasteiger partial charge on any atom is 0.325 e. The number of halogens is 1. The minimum Gasteiger partial charge on any atom is -0.491 e. The van der Waals surface area contributed by atoms with E-state index in [9.17, 15) is 14.7 Å². The summed E-state index contributed by atoms with van der Waals surface area (Å²) in [5.41, 5.74) is 0.242. The number of nitrogens with one attached hydrogen (secondary N) is 1. The van der Waals surface area contributed by atoms with Gasteiger partial charge in [-0.05, 0) is 42.3 Å². The number of hydrogen-bond donors (Lipinski definition) is 2. The lowest BCUT2D eigenvalue weighted by molar-refractivity contribution is -0.132. The fourth-order valence-corrected chi connectivity index (χ4v) is 3.22. The van der Waals surface area contributed by atoms with Crippen molar-refractivity contribution in [2.45, 2.75) is 25.0 Å². The van der Waals surface area contributed by atoms with Gasteiger partial charge in [0.25, 0.3) is 5.91 Å². The summed E-state index contributed by atoms with van der Waals surface area (Å²) < 4.78 is 5.51. The van der Waals surface area contributed by atoms with Gasteiger partial charge in [0.15, 0.2) is 0 Å². The number of nitrogens with zero attached hydrogens (tertiary/aromatic N) is 2. The minimum absolute atomic E-state index is 0.0910. The van der Waals surface area contributed by atoms with Gasteiger partial charge < -0.3 is 15.2 Å². The molecular weight excluding hydrogens is 394 g/mol. The third-order valence-corrected chi connectivity index (χ3v) is 4.99. The Balaban J connectivity index is 1.60. The van der Waals surface area contributed by atoms with Crippen LogP contribution in [0.4, 0.5) is 4.79 Å². The average Bonchev–Trinajstić information content (AvgIpc) is 2.92. The van der Waals surface area contributed by atoms with Crippen LogP contribution in [-0.4, -0.2) is 41.2 Å². The summed E-state index contributed by atoms with van der Waals surface area (Å²) in [5.74, 6) is 0.0682. The normalized spacial score (nSPS) is 19.6. The Hall–Kier alpha value is -3.08. The summed E-state index contributed by atoms with van der Waals surface area (Å²) in [6.07, 6.45) is -0.752. The van der Waals surface area contributed by atoms with Crippen molar-refractivity contribution in [1.29, 1.82) is 5.26 Å². The number of amides is 3. The monoisotopic (exact) mass is 413 g/mol. The van der Waals surface area contributed by atoms with Crippen LogP contribution in [0, 0.1) is 11.3 Å². The molecule has 2 atom stereocenters. The Morgan fingerprint density at radius 1 is 1.21 bits per heavy atom. The SMILES string of the molecule is C[C@]1(c2ccc(Cl)cc2)NC(=O)N(C[C@@H](O)COc2ccc(CC#N)cc2)C1=O. The summed E-state index contributed by atoms with van der Waals surface area (Å²) in [6.45, 7) is 1.33. The van der Waals surface area contributed by atoms with Crippen LogP contribution in [0.25, 0.3) is 0 Å². The number of ether oxygens (including phenoxy) is 1. The second-order valence-electron chi connectivity index (χ2n) is 6.92. The van der Waals surface area contributed by atoms with Gasteiger partial charge in [-0.25, -0.2) is 4.79 Å². The van der Waals surface area contributed by atoms with E-state index >= 15 is 0 Å². The van der Waals surface area contributed by atoms with E-state index < -0.39 is 23.6 Å². The second-order valence-corrected chi connectivity index (χ2v) is 7.36. The fraction of sp³-hybridized carbons (Fsp3) is 0.286. The van der Waals surface area contributed by atoms with Crippen molar-refractivity contribution in [3.05, 3.63) is 64.7 Å². The van der Waals surface area contributed by atoms with Crippen molar-refractivity contribution < 1.29 is 19.4 Å². The quantitative estimate of drug-likeness (QED) is 0.679. The first kappa shape index (κ1) is 20.6. The molecule has 0 saturated carbocycles. The van der Waals surface area contributed by atoms with E-state index in [2.05, 4.69) is 11.4 Å². The van der Waals surface area contributed by atoms with Crippen LogP contribution in [0.1, 0.15) is 18.1 Å². The summed E-state index contributed by atoms with van der Waals surface area (Å²) in [6, 6.07) is 15.1. The topological polar surface area (TPSA) is 103 Å². The molecule has 1 aliphatic rings. The predicted octanol–water partition coefficient (Wildman–Crippen LogP) is 2.61. The lowest BCUT2D eigenvalue weighted by Crippen LogP contribution is -2.42. The molecule has 0 radical (unpaired) electrons. The molecule has 0 aliphatic carbocycles. The van der Waals surface area contributed by atoms with Crippen LogP contribution in [-0.2, 0) is 16.8 Å². The molecule has 0 bridgehead atoms. The number of rotatable bonds is 7. The number of nitriles is 1. The van der Waals surface area contributed by atoms with Crippen molar-refractivity contribution in [2.75, 3.05) is 13.2 Å². The van der Waals surface area contributed by atoms with E-state index in [0.29, 0.717) is 22.8 Å². The maximum absolute atomic E-state index is 12.9. The number of urea groups is 1. The van der Waals surface area contributed by atoms with Crippen LogP contribution < -0.4 is 10.1 Å². The lowest BCUT2D eigenvalue weighted by Gasteiger charge is -2.23. The zero-order chi connectivity index (χ0) is 21.0. The van der Waals surface area contributed by atoms with Gasteiger partial charge in [-0.1, -0.05) is 35.9 Å². The number of aliphatic hydroxyl groups is 1. The van der Waals surface area contributed by atoms with Gasteiger partial charge in [0, 0.05) is 5.02 Å². The molecule has 3 rings (SSSR count). The van der Waals surface area contributed by atoms with E-state index in [1.165, 1.54) is 0 Å². The minimum atomic E-state index is -1.22. The zero-order valence-electron chi connectivity index (χ0n) is 15.8. The predicted molar refractivity (Wildman–Crippen MR) is 106 cm³/mol. The molecule has 29 heavy (non-hydrogen) atoms. The van der Waals surface area contributed by atoms with Gasteiger partial charge >= 0.3 is 6.03 Å². The van der Waals surface area contributed by atoms with Gasteiger partial charge in [-0.15, -0.1) is 0 Å². The van der Waals surface area contributed by atoms with E-state index in [1.54, 1.807) is 55.5 Å². The summed E-state index contributed by atoms with van der Waals surface area (Å²) in [7, 11) is 0. The smallest absolute Gasteiger partial charge is 0.325 e. The molecule has 1 aliphatic heterocycles. The molecule has 0 unspecified atom stereocenters. The molecule has 1 heterocycles. The molecule has 1 saturated heterocycles. The van der Waals surface area contributed by atoms with Crippen molar-refractivity contribution in [1.82, 2.24) is 10.2 Å². The van der Waals surface area contributed by atoms with E-state index in [0.717, 1.165) is 10.5 Å². The molecule has 0 aromatic heterocycles. The molecule has 150 valence electrons. The Labute approximate surface area is 173 Å². The molecular formula is C21H20ClN3O4. The highest BCUT2D eigenvalue weighted by molar-refractivity contribution is 6.30. The molecule has 2 N–H and O–H groups in total. The molecule has 3 amide bonds. The average molecular weight is 414 g/mol. The van der Waals surface area contributed by atoms with Gasteiger partial charge in [-0.3, -0.25) is 9.69 Å². The first-order valence-electron chi connectivity index (χ1n) is 9.00. The number of aliphatic hydroxyl groups excluding tert-OH is 1. The van der Waals surface area contributed by atoms with Crippen LogP contribution in [0.5, 0.6) is 5.75 Å². The maximum atomic E-state index is 12.9. The third-order valence-electron chi connectivity index (χ3n) is 4.74. The molecule has 7 nitrogen and oxygen atoms in total. The molecule has 1 fully saturated rings. The van der Waals surface area contributed by atoms with Gasteiger partial charge in [0.2, 0.25) is 0 Å². The Morgan fingerprint density at radius 2 is 1.86 bits per heavy atom. The third kappa shape index (κ3) is 4.50. The first-order chi connectivity index (χ1) is 13.8. The van der Waals surface area contributed by atoms with Crippen molar-refractivity contribution >= 4 is 23.5 Å². The highest BCUT2D eigenvalue weighted by atomic mass is 35.5.